The highest BCUT2D eigenvalue weighted by molar-refractivity contribution is 7.08. The standard InChI is InChI=1S/C19H22N4OS/c1-14-2-3-18-20-10-17(23(18)11-14)12-22-7-4-16(5-8-22)21-19(24)15-6-9-25-13-15/h2-3,6,9-11,13,16H,4-5,7-8,12H2,1H3,(H,21,24). The zero-order chi connectivity index (χ0) is 17.2. The molecule has 3 aromatic rings. The number of carbonyl (C=O) groups excluding carboxylic acids is 1. The lowest BCUT2D eigenvalue weighted by atomic mass is 10.0. The first-order valence-electron chi connectivity index (χ1n) is 8.67. The van der Waals surface area contributed by atoms with Crippen molar-refractivity contribution >= 4 is 22.9 Å². The molecule has 5 nitrogen and oxygen atoms in total. The number of thiophene rings is 1. The summed E-state index contributed by atoms with van der Waals surface area (Å²) in [5.41, 5.74) is 4.23. The zero-order valence-corrected chi connectivity index (χ0v) is 15.1. The first-order chi connectivity index (χ1) is 12.2. The second kappa shape index (κ2) is 6.98. The maximum atomic E-state index is 12.2. The van der Waals surface area contributed by atoms with Crippen molar-refractivity contribution in [2.75, 3.05) is 13.1 Å². The number of aryl methyl sites for hydroxylation is 1. The first kappa shape index (κ1) is 16.3. The van der Waals surface area contributed by atoms with E-state index >= 15 is 0 Å². The number of fused-ring (bicyclic) bond motifs is 1. The molecule has 4 rings (SSSR count). The van der Waals surface area contributed by atoms with Gasteiger partial charge in [0.25, 0.3) is 5.91 Å². The molecule has 1 aliphatic heterocycles. The van der Waals surface area contributed by atoms with Crippen molar-refractivity contribution in [3.05, 3.63) is 58.2 Å². The average molecular weight is 354 g/mol. The number of rotatable bonds is 4. The fourth-order valence-corrected chi connectivity index (χ4v) is 4.02. The Morgan fingerprint density at radius 3 is 2.92 bits per heavy atom. The molecule has 1 N–H and O–H groups in total. The van der Waals surface area contributed by atoms with E-state index in [1.165, 1.54) is 11.3 Å². The van der Waals surface area contributed by atoms with E-state index in [0.29, 0.717) is 0 Å². The van der Waals surface area contributed by atoms with Crippen LogP contribution >= 0.6 is 11.3 Å². The number of nitrogens with zero attached hydrogens (tertiary/aromatic N) is 3. The van der Waals surface area contributed by atoms with Crippen molar-refractivity contribution in [3.63, 3.8) is 0 Å². The Morgan fingerprint density at radius 1 is 1.32 bits per heavy atom. The van der Waals surface area contributed by atoms with Crippen molar-refractivity contribution in [2.24, 2.45) is 0 Å². The SMILES string of the molecule is Cc1ccc2ncc(CN3CCC(NC(=O)c4ccsc4)CC3)n2c1. The van der Waals surface area contributed by atoms with E-state index in [4.69, 9.17) is 0 Å². The zero-order valence-electron chi connectivity index (χ0n) is 14.3. The van der Waals surface area contributed by atoms with Gasteiger partial charge < -0.3 is 9.72 Å². The lowest BCUT2D eigenvalue weighted by Crippen LogP contribution is -2.44. The molecule has 0 radical (unpaired) electrons. The Hall–Kier alpha value is -2.18. The summed E-state index contributed by atoms with van der Waals surface area (Å²) >= 11 is 1.56. The molecule has 0 bridgehead atoms. The van der Waals surface area contributed by atoms with E-state index in [-0.39, 0.29) is 11.9 Å². The number of likely N-dealkylation sites (tertiary alicyclic amines) is 1. The van der Waals surface area contributed by atoms with Crippen LogP contribution in [0.15, 0.2) is 41.4 Å². The van der Waals surface area contributed by atoms with Crippen molar-refractivity contribution in [1.29, 1.82) is 0 Å². The van der Waals surface area contributed by atoms with E-state index < -0.39 is 0 Å². The Morgan fingerprint density at radius 2 is 2.16 bits per heavy atom. The van der Waals surface area contributed by atoms with Gasteiger partial charge in [0.15, 0.2) is 0 Å². The molecule has 25 heavy (non-hydrogen) atoms. The summed E-state index contributed by atoms with van der Waals surface area (Å²) in [6, 6.07) is 6.30. The molecule has 0 aliphatic carbocycles. The molecular formula is C19H22N4OS. The van der Waals surface area contributed by atoms with Crippen LogP contribution in [-0.2, 0) is 6.54 Å². The predicted molar refractivity (Wildman–Crippen MR) is 100 cm³/mol. The third kappa shape index (κ3) is 3.60. The molecule has 4 heterocycles. The van der Waals surface area contributed by atoms with Crippen LogP contribution in [0.2, 0.25) is 0 Å². The molecule has 130 valence electrons. The molecule has 0 spiro atoms. The number of imidazole rings is 1. The fourth-order valence-electron chi connectivity index (χ4n) is 3.38. The van der Waals surface area contributed by atoms with E-state index in [0.717, 1.165) is 43.7 Å². The minimum atomic E-state index is 0.0527. The minimum Gasteiger partial charge on any atom is -0.349 e. The molecule has 1 fully saturated rings. The quantitative estimate of drug-likeness (QED) is 0.783. The van der Waals surface area contributed by atoms with E-state index in [1.54, 1.807) is 11.3 Å². The highest BCUT2D eigenvalue weighted by Gasteiger charge is 2.22. The van der Waals surface area contributed by atoms with Crippen molar-refractivity contribution in [3.8, 4) is 0 Å². The Balaban J connectivity index is 1.34. The van der Waals surface area contributed by atoms with Gasteiger partial charge in [-0.05, 0) is 42.8 Å². The second-order valence-corrected chi connectivity index (χ2v) is 7.50. The molecule has 1 saturated heterocycles. The van der Waals surface area contributed by atoms with Gasteiger partial charge in [0.05, 0.1) is 11.9 Å². The number of nitrogens with one attached hydrogen (secondary N) is 1. The molecule has 6 heteroatoms. The van der Waals surface area contributed by atoms with Crippen LogP contribution in [0.4, 0.5) is 0 Å². The predicted octanol–water partition coefficient (Wildman–Crippen LogP) is 3.10. The van der Waals surface area contributed by atoms with E-state index in [2.05, 4.69) is 44.9 Å². The van der Waals surface area contributed by atoms with Gasteiger partial charge >= 0.3 is 0 Å². The maximum Gasteiger partial charge on any atom is 0.252 e. The van der Waals surface area contributed by atoms with E-state index in [9.17, 15) is 4.79 Å². The summed E-state index contributed by atoms with van der Waals surface area (Å²) < 4.78 is 2.18. The van der Waals surface area contributed by atoms with Crippen LogP contribution in [0.5, 0.6) is 0 Å². The third-order valence-corrected chi connectivity index (χ3v) is 5.51. The minimum absolute atomic E-state index is 0.0527. The fraction of sp³-hybridized carbons (Fsp3) is 0.368. The number of aromatic nitrogens is 2. The van der Waals surface area contributed by atoms with Crippen molar-refractivity contribution in [1.82, 2.24) is 19.6 Å². The smallest absolute Gasteiger partial charge is 0.252 e. The maximum absolute atomic E-state index is 12.2. The number of pyridine rings is 1. The molecule has 0 unspecified atom stereocenters. The highest BCUT2D eigenvalue weighted by atomic mass is 32.1. The first-order valence-corrected chi connectivity index (χ1v) is 9.61. The summed E-state index contributed by atoms with van der Waals surface area (Å²) in [4.78, 5) is 19.1. The Kier molecular flexibility index (Phi) is 4.55. The average Bonchev–Trinajstić information content (AvgIpc) is 3.27. The summed E-state index contributed by atoms with van der Waals surface area (Å²) in [6.07, 6.45) is 6.10. The Labute approximate surface area is 151 Å². The van der Waals surface area contributed by atoms with Crippen LogP contribution in [0.25, 0.3) is 5.65 Å². The van der Waals surface area contributed by atoms with Crippen LogP contribution < -0.4 is 5.32 Å². The largest absolute Gasteiger partial charge is 0.349 e. The summed E-state index contributed by atoms with van der Waals surface area (Å²) in [5.74, 6) is 0.0527. The number of piperidine rings is 1. The highest BCUT2D eigenvalue weighted by Crippen LogP contribution is 2.16. The van der Waals surface area contributed by atoms with Gasteiger partial charge in [0.1, 0.15) is 5.65 Å². The monoisotopic (exact) mass is 354 g/mol. The van der Waals surface area contributed by atoms with Crippen LogP contribution in [0.3, 0.4) is 0 Å². The summed E-state index contributed by atoms with van der Waals surface area (Å²) in [6.45, 7) is 4.99. The van der Waals surface area contributed by atoms with Crippen molar-refractivity contribution in [2.45, 2.75) is 32.4 Å². The molecule has 0 atom stereocenters. The number of hydrogen-bond donors (Lipinski definition) is 1. The Bertz CT molecular complexity index is 863. The van der Waals surface area contributed by atoms with Crippen molar-refractivity contribution < 1.29 is 4.79 Å². The number of hydrogen-bond acceptors (Lipinski definition) is 4. The molecule has 1 amide bonds. The van der Waals surface area contributed by atoms with Gasteiger partial charge in [-0.3, -0.25) is 9.69 Å². The van der Waals surface area contributed by atoms with Crippen LogP contribution in [0, 0.1) is 6.92 Å². The lowest BCUT2D eigenvalue weighted by Gasteiger charge is -2.32. The van der Waals surface area contributed by atoms with Gasteiger partial charge in [-0.25, -0.2) is 4.98 Å². The number of amides is 1. The normalized spacial score (nSPS) is 16.4. The third-order valence-electron chi connectivity index (χ3n) is 4.82. The summed E-state index contributed by atoms with van der Waals surface area (Å²) in [7, 11) is 0. The second-order valence-electron chi connectivity index (χ2n) is 6.72. The van der Waals surface area contributed by atoms with Gasteiger partial charge in [0.2, 0.25) is 0 Å². The molecule has 0 aromatic carbocycles. The van der Waals surface area contributed by atoms with E-state index in [1.807, 2.05) is 23.0 Å². The molecule has 3 aromatic heterocycles. The summed E-state index contributed by atoms with van der Waals surface area (Å²) in [5, 5.41) is 7.00. The lowest BCUT2D eigenvalue weighted by molar-refractivity contribution is 0.0909. The van der Waals surface area contributed by atoms with Gasteiger partial charge in [0, 0.05) is 42.8 Å². The molecule has 0 saturated carbocycles. The van der Waals surface area contributed by atoms with Crippen LogP contribution in [-0.4, -0.2) is 39.3 Å². The van der Waals surface area contributed by atoms with Gasteiger partial charge in [-0.15, -0.1) is 0 Å². The molecule has 1 aliphatic rings. The van der Waals surface area contributed by atoms with Crippen LogP contribution in [0.1, 0.15) is 34.5 Å². The number of carbonyl (C=O) groups is 1. The van der Waals surface area contributed by atoms with Gasteiger partial charge in [-0.1, -0.05) is 6.07 Å². The molecular weight excluding hydrogens is 332 g/mol. The van der Waals surface area contributed by atoms with Gasteiger partial charge in [-0.2, -0.15) is 11.3 Å². The topological polar surface area (TPSA) is 49.6 Å².